The number of carbonyl (C=O) groups is 3. The molecule has 0 radical (unpaired) electrons. The van der Waals surface area contributed by atoms with Crippen LogP contribution in [0.25, 0.3) is 0 Å². The van der Waals surface area contributed by atoms with Crippen LogP contribution in [-0.2, 0) is 23.7 Å². The Bertz CT molecular complexity index is 1420. The van der Waals surface area contributed by atoms with Crippen LogP contribution in [0.4, 0.5) is 0 Å². The lowest BCUT2D eigenvalue weighted by molar-refractivity contribution is -0.311. The molecule has 232 valence electrons. The maximum absolute atomic E-state index is 14.1. The molecule has 1 aromatic rings. The van der Waals surface area contributed by atoms with Crippen molar-refractivity contribution in [3.8, 4) is 5.75 Å². The molecule has 2 heterocycles. The fraction of sp³-hybridized carbons (Fsp3) is 0.581. The molecule has 43 heavy (non-hydrogen) atoms. The van der Waals surface area contributed by atoms with Crippen molar-refractivity contribution >= 4 is 17.3 Å². The van der Waals surface area contributed by atoms with E-state index in [1.165, 1.54) is 37.3 Å². The molecule has 3 fully saturated rings. The van der Waals surface area contributed by atoms with Crippen molar-refractivity contribution < 1.29 is 58.9 Å². The summed E-state index contributed by atoms with van der Waals surface area (Å²) in [4.78, 5) is 41.7. The Balaban J connectivity index is 1.32. The van der Waals surface area contributed by atoms with E-state index in [0.717, 1.165) is 0 Å². The first-order valence-corrected chi connectivity index (χ1v) is 14.5. The van der Waals surface area contributed by atoms with Crippen molar-refractivity contribution in [1.29, 1.82) is 0 Å². The number of aliphatic hydroxyl groups is 4. The summed E-state index contributed by atoms with van der Waals surface area (Å²) in [6.07, 6.45) is -3.53. The Morgan fingerprint density at radius 2 is 1.70 bits per heavy atom. The van der Waals surface area contributed by atoms with Crippen molar-refractivity contribution in [2.75, 3.05) is 0 Å². The van der Waals surface area contributed by atoms with Crippen LogP contribution in [0.1, 0.15) is 73.6 Å². The lowest BCUT2D eigenvalue weighted by Gasteiger charge is -2.55. The third-order valence-corrected chi connectivity index (χ3v) is 9.21. The van der Waals surface area contributed by atoms with E-state index < -0.39 is 89.4 Å². The average molecular weight is 601 g/mol. The standard InChI is InChI=1S/C31H36O12/c1-14-20(42-23-11-19(33)26(35)15(2)41-23)7-8-22(40-14)43-31-21(34)12-29(3,38)13-30(31,39)10-9-17-25(31)28(37)16-5-4-6-18(32)24(16)27(17)36/h4-6,9-10,14-15,19-20,22-23,26,32-33,35,38-39H,7-8,11-13H2,1-3H3. The van der Waals surface area contributed by atoms with E-state index in [2.05, 4.69) is 0 Å². The van der Waals surface area contributed by atoms with Gasteiger partial charge in [-0.3, -0.25) is 14.4 Å². The first kappa shape index (κ1) is 30.2. The predicted molar refractivity (Wildman–Crippen MR) is 146 cm³/mol. The summed E-state index contributed by atoms with van der Waals surface area (Å²) in [6, 6.07) is 4.05. The summed E-state index contributed by atoms with van der Waals surface area (Å²) in [5, 5.41) is 53.5. The predicted octanol–water partition coefficient (Wildman–Crippen LogP) is 1.00. The normalized spacial score (nSPS) is 42.9. The van der Waals surface area contributed by atoms with Crippen LogP contribution >= 0.6 is 0 Å². The van der Waals surface area contributed by atoms with Gasteiger partial charge in [0.2, 0.25) is 0 Å². The quantitative estimate of drug-likeness (QED) is 0.330. The summed E-state index contributed by atoms with van der Waals surface area (Å²) in [6.45, 7) is 4.75. The third kappa shape index (κ3) is 4.72. The van der Waals surface area contributed by atoms with Crippen LogP contribution in [0, 0.1) is 0 Å². The zero-order chi connectivity index (χ0) is 31.1. The fourth-order valence-electron chi connectivity index (χ4n) is 7.14. The molecule has 6 rings (SSSR count). The third-order valence-electron chi connectivity index (χ3n) is 9.21. The number of fused-ring (bicyclic) bond motifs is 3. The van der Waals surface area contributed by atoms with Gasteiger partial charge in [0, 0.05) is 36.8 Å². The van der Waals surface area contributed by atoms with Gasteiger partial charge in [0.15, 0.2) is 35.5 Å². The van der Waals surface area contributed by atoms with Crippen LogP contribution in [-0.4, -0.2) is 103 Å². The molecular formula is C31H36O12. The highest BCUT2D eigenvalue weighted by atomic mass is 16.7. The number of ketones is 3. The van der Waals surface area contributed by atoms with Gasteiger partial charge >= 0.3 is 0 Å². The number of aliphatic hydroxyl groups excluding tert-OH is 2. The van der Waals surface area contributed by atoms with Gasteiger partial charge in [0.05, 0.1) is 41.2 Å². The van der Waals surface area contributed by atoms with Gasteiger partial charge in [-0.15, -0.1) is 0 Å². The van der Waals surface area contributed by atoms with E-state index in [9.17, 15) is 39.9 Å². The van der Waals surface area contributed by atoms with Crippen LogP contribution < -0.4 is 0 Å². The Morgan fingerprint density at radius 3 is 2.40 bits per heavy atom. The van der Waals surface area contributed by atoms with Crippen molar-refractivity contribution in [1.82, 2.24) is 0 Å². The van der Waals surface area contributed by atoms with Crippen molar-refractivity contribution in [3.63, 3.8) is 0 Å². The molecule has 10 atom stereocenters. The Morgan fingerprint density at radius 1 is 0.977 bits per heavy atom. The van der Waals surface area contributed by atoms with E-state index in [4.69, 9.17) is 18.9 Å². The molecule has 1 saturated carbocycles. The minimum atomic E-state index is -2.38. The monoisotopic (exact) mass is 600 g/mol. The number of phenols is 1. The number of phenolic OH excluding ortho intramolecular Hbond substituents is 1. The number of Topliss-reactive ketones (excluding diaryl/α,β-unsaturated/α-hetero) is 3. The summed E-state index contributed by atoms with van der Waals surface area (Å²) in [5.41, 5.74) is -7.09. The molecule has 2 aliphatic heterocycles. The minimum absolute atomic E-state index is 0.0651. The molecule has 10 unspecified atom stereocenters. The summed E-state index contributed by atoms with van der Waals surface area (Å²) >= 11 is 0. The SMILES string of the molecule is CC1OC(OC23C(=O)CC(C)(O)CC2(O)C=CC2=C3C(=O)c3cccc(O)c3C2=O)CCC1OC1CC(O)C(O)C(C)O1. The highest BCUT2D eigenvalue weighted by Crippen LogP contribution is 2.54. The second kappa shape index (κ2) is 10.4. The van der Waals surface area contributed by atoms with E-state index in [1.54, 1.807) is 13.8 Å². The highest BCUT2D eigenvalue weighted by Gasteiger charge is 2.68. The van der Waals surface area contributed by atoms with E-state index in [1.807, 2.05) is 0 Å². The lowest BCUT2D eigenvalue weighted by atomic mass is 9.57. The van der Waals surface area contributed by atoms with Crippen molar-refractivity contribution in [2.45, 2.75) is 113 Å². The second-order valence-corrected chi connectivity index (χ2v) is 12.6. The van der Waals surface area contributed by atoms with Crippen LogP contribution in [0.2, 0.25) is 0 Å². The molecule has 0 amide bonds. The number of ether oxygens (including phenoxy) is 4. The van der Waals surface area contributed by atoms with Gasteiger partial charge < -0.3 is 44.5 Å². The second-order valence-electron chi connectivity index (χ2n) is 12.6. The largest absolute Gasteiger partial charge is 0.507 e. The molecule has 5 N–H and O–H groups in total. The molecule has 2 saturated heterocycles. The van der Waals surface area contributed by atoms with Gasteiger partial charge in [0.1, 0.15) is 17.5 Å². The zero-order valence-electron chi connectivity index (χ0n) is 24.1. The van der Waals surface area contributed by atoms with Crippen molar-refractivity contribution in [3.05, 3.63) is 52.6 Å². The lowest BCUT2D eigenvalue weighted by Crippen LogP contribution is -2.71. The molecule has 5 aliphatic rings. The first-order valence-electron chi connectivity index (χ1n) is 14.5. The zero-order valence-corrected chi connectivity index (χ0v) is 24.1. The number of aromatic hydroxyl groups is 1. The van der Waals surface area contributed by atoms with Crippen LogP contribution in [0.15, 0.2) is 41.5 Å². The number of benzene rings is 1. The number of hydrogen-bond acceptors (Lipinski definition) is 12. The summed E-state index contributed by atoms with van der Waals surface area (Å²) in [7, 11) is 0. The van der Waals surface area contributed by atoms with E-state index >= 15 is 0 Å². The Kier molecular flexibility index (Phi) is 7.30. The summed E-state index contributed by atoms with van der Waals surface area (Å²) in [5.74, 6) is -2.64. The number of rotatable bonds is 4. The van der Waals surface area contributed by atoms with Gasteiger partial charge in [-0.2, -0.15) is 0 Å². The minimum Gasteiger partial charge on any atom is -0.507 e. The molecule has 1 aromatic carbocycles. The number of carbonyl (C=O) groups excluding carboxylic acids is 3. The Labute approximate surface area is 247 Å². The average Bonchev–Trinajstić information content (AvgIpc) is 2.91. The van der Waals surface area contributed by atoms with Crippen molar-refractivity contribution in [2.24, 2.45) is 0 Å². The van der Waals surface area contributed by atoms with Crippen LogP contribution in [0.3, 0.4) is 0 Å². The molecule has 0 aromatic heterocycles. The molecular weight excluding hydrogens is 564 g/mol. The molecule has 0 bridgehead atoms. The highest BCUT2D eigenvalue weighted by molar-refractivity contribution is 6.31. The first-order chi connectivity index (χ1) is 20.2. The Hall–Kier alpha value is -2.81. The smallest absolute Gasteiger partial charge is 0.198 e. The summed E-state index contributed by atoms with van der Waals surface area (Å²) < 4.78 is 24.2. The molecule has 3 aliphatic carbocycles. The van der Waals surface area contributed by atoms with Gasteiger partial charge in [-0.25, -0.2) is 0 Å². The molecule has 0 spiro atoms. The number of allylic oxidation sites excluding steroid dienone is 2. The van der Waals surface area contributed by atoms with E-state index in [0.29, 0.717) is 6.42 Å². The molecule has 12 heteroatoms. The maximum Gasteiger partial charge on any atom is 0.198 e. The topological polar surface area (TPSA) is 189 Å². The van der Waals surface area contributed by atoms with E-state index in [-0.39, 0.29) is 41.5 Å². The van der Waals surface area contributed by atoms with Gasteiger partial charge in [-0.05, 0) is 39.3 Å². The van der Waals surface area contributed by atoms with Crippen LogP contribution in [0.5, 0.6) is 5.75 Å². The van der Waals surface area contributed by atoms with Gasteiger partial charge in [-0.1, -0.05) is 18.2 Å². The molecule has 12 nitrogen and oxygen atoms in total. The number of hydrogen-bond donors (Lipinski definition) is 5. The maximum atomic E-state index is 14.1. The van der Waals surface area contributed by atoms with Gasteiger partial charge in [0.25, 0.3) is 0 Å². The fourth-order valence-corrected chi connectivity index (χ4v) is 7.14.